The third-order valence-electron chi connectivity index (χ3n) is 3.58. The number of rotatable bonds is 6. The largest absolute Gasteiger partial charge is 0.489 e. The normalized spacial score (nSPS) is 11.5. The number of hydrogen-bond acceptors (Lipinski definition) is 2. The van der Waals surface area contributed by atoms with E-state index >= 15 is 0 Å². The van der Waals surface area contributed by atoms with Gasteiger partial charge in [-0.3, -0.25) is 0 Å². The second kappa shape index (κ2) is 7.51. The lowest BCUT2D eigenvalue weighted by atomic mass is 10.1. The number of ether oxygens (including phenoxy) is 1. The summed E-state index contributed by atoms with van der Waals surface area (Å²) in [4.78, 5) is 0. The minimum Gasteiger partial charge on any atom is -0.489 e. The average Bonchev–Trinajstić information content (AvgIpc) is 2.51. The quantitative estimate of drug-likeness (QED) is 0.853. The number of hydrogen-bond donors (Lipinski definition) is 1. The lowest BCUT2D eigenvalue weighted by Crippen LogP contribution is -2.10. The first kappa shape index (κ1) is 17.3. The molecule has 124 valence electrons. The first-order valence-corrected chi connectivity index (χ1v) is 7.43. The van der Waals surface area contributed by atoms with Crippen LogP contribution >= 0.6 is 0 Å². The van der Waals surface area contributed by atoms with Gasteiger partial charge in [0.2, 0.25) is 0 Å². The molecule has 5 heteroatoms. The molecule has 0 aliphatic rings. The van der Waals surface area contributed by atoms with Crippen LogP contribution in [0, 0.1) is 6.92 Å². The third kappa shape index (κ3) is 4.99. The number of alkyl halides is 3. The van der Waals surface area contributed by atoms with E-state index in [1.807, 2.05) is 26.1 Å². The fourth-order valence-electron chi connectivity index (χ4n) is 2.25. The number of nitrogens with one attached hydrogen (secondary N) is 1. The summed E-state index contributed by atoms with van der Waals surface area (Å²) in [5, 5.41) is 3.10. The molecule has 0 unspecified atom stereocenters. The van der Waals surface area contributed by atoms with Crippen molar-refractivity contribution < 1.29 is 17.9 Å². The maximum atomic E-state index is 12.5. The van der Waals surface area contributed by atoms with Crippen molar-refractivity contribution in [1.29, 1.82) is 0 Å². The Kier molecular flexibility index (Phi) is 5.66. The van der Waals surface area contributed by atoms with E-state index in [2.05, 4.69) is 11.4 Å². The van der Waals surface area contributed by atoms with Gasteiger partial charge in [-0.1, -0.05) is 24.3 Å². The van der Waals surface area contributed by atoms with Crippen molar-refractivity contribution in [2.24, 2.45) is 0 Å². The van der Waals surface area contributed by atoms with Crippen LogP contribution in [0.4, 0.5) is 13.2 Å². The Morgan fingerprint density at radius 3 is 2.22 bits per heavy atom. The molecule has 0 amide bonds. The standard InChI is InChI=1S/C18H20F3NO/c1-13-11-14(9-10-22-2)5-8-17(13)23-12-15-3-6-16(7-4-15)18(19,20)21/h3-8,11,22H,9-10,12H2,1-2H3. The van der Waals surface area contributed by atoms with E-state index in [4.69, 9.17) is 4.74 Å². The van der Waals surface area contributed by atoms with Crippen LogP contribution in [-0.2, 0) is 19.2 Å². The Balaban J connectivity index is 1.98. The predicted molar refractivity (Wildman–Crippen MR) is 84.6 cm³/mol. The topological polar surface area (TPSA) is 21.3 Å². The van der Waals surface area contributed by atoms with Gasteiger partial charge in [0, 0.05) is 0 Å². The first-order chi connectivity index (χ1) is 10.9. The molecule has 0 aromatic heterocycles. The van der Waals surface area contributed by atoms with Crippen LogP contribution in [-0.4, -0.2) is 13.6 Å². The van der Waals surface area contributed by atoms with Gasteiger partial charge in [0.25, 0.3) is 0 Å². The van der Waals surface area contributed by atoms with E-state index in [0.29, 0.717) is 5.56 Å². The SMILES string of the molecule is CNCCc1ccc(OCc2ccc(C(F)(F)F)cc2)c(C)c1. The summed E-state index contributed by atoms with van der Waals surface area (Å²) in [5.74, 6) is 0.748. The highest BCUT2D eigenvalue weighted by atomic mass is 19.4. The summed E-state index contributed by atoms with van der Waals surface area (Å²) < 4.78 is 43.3. The van der Waals surface area contributed by atoms with E-state index < -0.39 is 11.7 Å². The van der Waals surface area contributed by atoms with Crippen molar-refractivity contribution in [3.63, 3.8) is 0 Å². The Morgan fingerprint density at radius 1 is 1.00 bits per heavy atom. The van der Waals surface area contributed by atoms with Crippen LogP contribution < -0.4 is 10.1 Å². The Morgan fingerprint density at radius 2 is 1.65 bits per heavy atom. The zero-order valence-electron chi connectivity index (χ0n) is 13.2. The van der Waals surface area contributed by atoms with E-state index in [1.165, 1.54) is 17.7 Å². The minimum absolute atomic E-state index is 0.245. The summed E-state index contributed by atoms with van der Waals surface area (Å²) in [6.45, 7) is 3.12. The Hall–Kier alpha value is -2.01. The molecule has 0 fully saturated rings. The lowest BCUT2D eigenvalue weighted by molar-refractivity contribution is -0.137. The fraction of sp³-hybridized carbons (Fsp3) is 0.333. The highest BCUT2D eigenvalue weighted by molar-refractivity contribution is 5.36. The van der Waals surface area contributed by atoms with Crippen molar-refractivity contribution in [2.45, 2.75) is 26.1 Å². The van der Waals surface area contributed by atoms with E-state index in [9.17, 15) is 13.2 Å². The summed E-state index contributed by atoms with van der Waals surface area (Å²) >= 11 is 0. The van der Waals surface area contributed by atoms with E-state index in [0.717, 1.165) is 36.4 Å². The first-order valence-electron chi connectivity index (χ1n) is 7.43. The van der Waals surface area contributed by atoms with Crippen LogP contribution in [0.25, 0.3) is 0 Å². The molecule has 23 heavy (non-hydrogen) atoms. The zero-order chi connectivity index (χ0) is 16.9. The molecule has 0 saturated heterocycles. The molecule has 0 spiro atoms. The fourth-order valence-corrected chi connectivity index (χ4v) is 2.25. The molecule has 0 atom stereocenters. The molecule has 0 bridgehead atoms. The van der Waals surface area contributed by atoms with Gasteiger partial charge in [-0.25, -0.2) is 0 Å². The van der Waals surface area contributed by atoms with Crippen LogP contribution in [0.1, 0.15) is 22.3 Å². The molecule has 1 N–H and O–H groups in total. The molecule has 0 heterocycles. The summed E-state index contributed by atoms with van der Waals surface area (Å²) in [6.07, 6.45) is -3.37. The molecule has 2 aromatic carbocycles. The monoisotopic (exact) mass is 323 g/mol. The van der Waals surface area contributed by atoms with Crippen LogP contribution in [0.5, 0.6) is 5.75 Å². The molecule has 0 radical (unpaired) electrons. The van der Waals surface area contributed by atoms with E-state index in [1.54, 1.807) is 0 Å². The lowest BCUT2D eigenvalue weighted by Gasteiger charge is -2.12. The minimum atomic E-state index is -4.31. The molecule has 2 aromatic rings. The van der Waals surface area contributed by atoms with Gasteiger partial charge in [-0.15, -0.1) is 0 Å². The van der Waals surface area contributed by atoms with Gasteiger partial charge in [-0.05, 0) is 61.8 Å². The summed E-state index contributed by atoms with van der Waals surface area (Å²) in [6, 6.07) is 11.0. The molecule has 0 aliphatic heterocycles. The van der Waals surface area contributed by atoms with Crippen molar-refractivity contribution >= 4 is 0 Å². The van der Waals surface area contributed by atoms with Crippen LogP contribution in [0.15, 0.2) is 42.5 Å². The highest BCUT2D eigenvalue weighted by Gasteiger charge is 2.29. The summed E-state index contributed by atoms with van der Waals surface area (Å²) in [7, 11) is 1.91. The molecule has 0 saturated carbocycles. The third-order valence-corrected chi connectivity index (χ3v) is 3.58. The molecular weight excluding hydrogens is 303 g/mol. The Labute approximate surface area is 134 Å². The van der Waals surface area contributed by atoms with Crippen LogP contribution in [0.3, 0.4) is 0 Å². The predicted octanol–water partition coefficient (Wildman–Crippen LogP) is 4.35. The van der Waals surface area contributed by atoms with Gasteiger partial charge < -0.3 is 10.1 Å². The van der Waals surface area contributed by atoms with Gasteiger partial charge in [0.15, 0.2) is 0 Å². The van der Waals surface area contributed by atoms with Gasteiger partial charge >= 0.3 is 6.18 Å². The number of halogens is 3. The van der Waals surface area contributed by atoms with Crippen molar-refractivity contribution in [1.82, 2.24) is 5.32 Å². The molecule has 0 aliphatic carbocycles. The summed E-state index contributed by atoms with van der Waals surface area (Å²) in [5.41, 5.74) is 2.30. The second-order valence-electron chi connectivity index (χ2n) is 5.44. The number of aryl methyl sites for hydroxylation is 1. The molecule has 2 nitrogen and oxygen atoms in total. The second-order valence-corrected chi connectivity index (χ2v) is 5.44. The molecular formula is C18H20F3NO. The zero-order valence-corrected chi connectivity index (χ0v) is 13.2. The van der Waals surface area contributed by atoms with Gasteiger partial charge in [0.1, 0.15) is 12.4 Å². The number of benzene rings is 2. The molecule has 2 rings (SSSR count). The van der Waals surface area contributed by atoms with Crippen molar-refractivity contribution in [3.8, 4) is 5.75 Å². The van der Waals surface area contributed by atoms with Crippen molar-refractivity contribution in [3.05, 3.63) is 64.7 Å². The highest BCUT2D eigenvalue weighted by Crippen LogP contribution is 2.29. The maximum absolute atomic E-state index is 12.5. The van der Waals surface area contributed by atoms with Crippen molar-refractivity contribution in [2.75, 3.05) is 13.6 Å². The Bertz CT molecular complexity index is 636. The van der Waals surface area contributed by atoms with E-state index in [-0.39, 0.29) is 6.61 Å². The van der Waals surface area contributed by atoms with Crippen LogP contribution in [0.2, 0.25) is 0 Å². The maximum Gasteiger partial charge on any atom is 0.416 e. The number of likely N-dealkylation sites (N-methyl/N-ethyl adjacent to an activating group) is 1. The van der Waals surface area contributed by atoms with Gasteiger partial charge in [0.05, 0.1) is 5.56 Å². The smallest absolute Gasteiger partial charge is 0.416 e. The average molecular weight is 323 g/mol. The van der Waals surface area contributed by atoms with Gasteiger partial charge in [-0.2, -0.15) is 13.2 Å².